The molecule has 0 aliphatic carbocycles. The molecule has 2 aliphatic rings. The van der Waals surface area contributed by atoms with E-state index in [1.807, 2.05) is 0 Å². The zero-order valence-corrected chi connectivity index (χ0v) is 21.0. The molecular formula is C27H25ClFN3O5. The van der Waals surface area contributed by atoms with Gasteiger partial charge in [0.25, 0.3) is 11.9 Å². The Labute approximate surface area is 218 Å². The summed E-state index contributed by atoms with van der Waals surface area (Å²) in [6.45, 7) is 2.25. The van der Waals surface area contributed by atoms with Gasteiger partial charge in [-0.3, -0.25) is 19.8 Å². The summed E-state index contributed by atoms with van der Waals surface area (Å²) < 4.78 is 25.7. The fraction of sp³-hybridized carbons (Fsp3) is 0.296. The maximum absolute atomic E-state index is 14.1. The second-order valence-electron chi connectivity index (χ2n) is 9.13. The van der Waals surface area contributed by atoms with Crippen LogP contribution in [-0.2, 0) is 16.9 Å². The molecule has 10 heteroatoms. The number of likely N-dealkylation sites (tertiary alicyclic amines) is 1. The van der Waals surface area contributed by atoms with Crippen molar-refractivity contribution in [1.82, 2.24) is 4.90 Å². The molecule has 2 aliphatic heterocycles. The number of benzene rings is 3. The molecule has 1 spiro atoms. The monoisotopic (exact) mass is 525 g/mol. The lowest BCUT2D eigenvalue weighted by Crippen LogP contribution is -2.54. The van der Waals surface area contributed by atoms with Gasteiger partial charge >= 0.3 is 0 Å². The Bertz CT molecular complexity index is 1390. The normalized spacial score (nSPS) is 22.6. The second-order valence-corrected chi connectivity index (χ2v) is 9.53. The molecule has 37 heavy (non-hydrogen) atoms. The van der Waals surface area contributed by atoms with Gasteiger partial charge in [-0.1, -0.05) is 48.0 Å². The van der Waals surface area contributed by atoms with Gasteiger partial charge in [-0.05, 0) is 43.8 Å². The standard InChI is InChI=1S/C27H25ClFN3O5/c1-3-36-23-13-17(12-20(28)24(23)37-15-16-8-4-6-10-21(16)29)18-14-31(2)27(25(18)32(34)35)19-9-5-7-11-22(19)30-26(27)33/h4-13,18,25H,3,14-15H2,1-2H3,(H,30,33)/t18-,25-,27-/m0/s1. The minimum absolute atomic E-state index is 0.0738. The van der Waals surface area contributed by atoms with E-state index in [1.54, 1.807) is 73.5 Å². The van der Waals surface area contributed by atoms with Crippen LogP contribution >= 0.6 is 11.6 Å². The maximum Gasteiger partial charge on any atom is 0.256 e. The number of hydrogen-bond acceptors (Lipinski definition) is 6. The highest BCUT2D eigenvalue weighted by atomic mass is 35.5. The first kappa shape index (κ1) is 25.0. The van der Waals surface area contributed by atoms with Crippen molar-refractivity contribution in [3.8, 4) is 11.5 Å². The Hall–Kier alpha value is -3.69. The number of hydrogen-bond donors (Lipinski definition) is 1. The molecule has 1 N–H and O–H groups in total. The number of fused-ring (bicyclic) bond motifs is 2. The van der Waals surface area contributed by atoms with Crippen molar-refractivity contribution >= 4 is 23.2 Å². The number of carbonyl (C=O) groups is 1. The van der Waals surface area contributed by atoms with Crippen LogP contribution in [0.25, 0.3) is 0 Å². The summed E-state index contributed by atoms with van der Waals surface area (Å²) in [6, 6.07) is 15.3. The quantitative estimate of drug-likeness (QED) is 0.345. The number of rotatable bonds is 7. The third kappa shape index (κ3) is 3.98. The summed E-state index contributed by atoms with van der Waals surface area (Å²) in [4.78, 5) is 27.3. The van der Waals surface area contributed by atoms with Crippen molar-refractivity contribution in [2.24, 2.45) is 0 Å². The van der Waals surface area contributed by atoms with E-state index in [2.05, 4.69) is 5.32 Å². The van der Waals surface area contributed by atoms with Crippen molar-refractivity contribution in [2.75, 3.05) is 25.5 Å². The van der Waals surface area contributed by atoms with E-state index < -0.39 is 29.2 Å². The van der Waals surface area contributed by atoms with Gasteiger partial charge in [0.2, 0.25) is 0 Å². The van der Waals surface area contributed by atoms with Crippen molar-refractivity contribution < 1.29 is 23.6 Å². The molecule has 5 rings (SSSR count). The van der Waals surface area contributed by atoms with Crippen LogP contribution in [-0.4, -0.2) is 42.0 Å². The number of halogens is 2. The third-order valence-electron chi connectivity index (χ3n) is 7.13. The number of nitro groups is 1. The van der Waals surface area contributed by atoms with Crippen LogP contribution in [0.2, 0.25) is 5.02 Å². The lowest BCUT2D eigenvalue weighted by atomic mass is 9.79. The van der Waals surface area contributed by atoms with Crippen LogP contribution in [0.1, 0.15) is 29.5 Å². The smallest absolute Gasteiger partial charge is 0.256 e. The number of ether oxygens (including phenoxy) is 2. The molecule has 3 aromatic carbocycles. The van der Waals surface area contributed by atoms with Gasteiger partial charge in [-0.25, -0.2) is 4.39 Å². The van der Waals surface area contributed by atoms with Gasteiger partial charge in [0.1, 0.15) is 12.4 Å². The SMILES string of the molecule is CCOc1cc([C@@H]2CN(C)[C@]3(C(=O)Nc4ccccc43)[C@H]2[N+](=O)[O-])cc(Cl)c1OCc1ccccc1F. The van der Waals surface area contributed by atoms with Crippen LogP contribution in [0.15, 0.2) is 60.7 Å². The minimum Gasteiger partial charge on any atom is -0.490 e. The zero-order chi connectivity index (χ0) is 26.3. The number of para-hydroxylation sites is 1. The topological polar surface area (TPSA) is 93.9 Å². The molecule has 0 radical (unpaired) electrons. The largest absolute Gasteiger partial charge is 0.490 e. The summed E-state index contributed by atoms with van der Waals surface area (Å²) in [5.74, 6) is -0.992. The predicted octanol–water partition coefficient (Wildman–Crippen LogP) is 4.98. The Morgan fingerprint density at radius 3 is 2.65 bits per heavy atom. The Morgan fingerprint density at radius 2 is 1.92 bits per heavy atom. The van der Waals surface area contributed by atoms with Crippen LogP contribution in [0, 0.1) is 15.9 Å². The molecule has 1 amide bonds. The molecule has 8 nitrogen and oxygen atoms in total. The lowest BCUT2D eigenvalue weighted by Gasteiger charge is -2.30. The van der Waals surface area contributed by atoms with Gasteiger partial charge in [0, 0.05) is 28.3 Å². The van der Waals surface area contributed by atoms with Gasteiger partial charge in [0.05, 0.1) is 17.5 Å². The highest BCUT2D eigenvalue weighted by Gasteiger charge is 2.68. The number of nitrogens with zero attached hydrogens (tertiary/aromatic N) is 2. The first-order valence-corrected chi connectivity index (χ1v) is 12.2. The molecular weight excluding hydrogens is 501 g/mol. The first-order valence-electron chi connectivity index (χ1n) is 11.9. The molecule has 192 valence electrons. The second kappa shape index (κ2) is 9.64. The van der Waals surface area contributed by atoms with Gasteiger partial charge < -0.3 is 14.8 Å². The fourth-order valence-electron chi connectivity index (χ4n) is 5.55. The molecule has 0 saturated carbocycles. The van der Waals surface area contributed by atoms with E-state index >= 15 is 0 Å². The maximum atomic E-state index is 14.1. The highest BCUT2D eigenvalue weighted by Crippen LogP contribution is 2.53. The number of likely N-dealkylation sites (N-methyl/N-ethyl adjacent to an activating group) is 1. The van der Waals surface area contributed by atoms with Crippen molar-refractivity contribution in [3.63, 3.8) is 0 Å². The average molecular weight is 526 g/mol. The van der Waals surface area contributed by atoms with Gasteiger partial charge in [0.15, 0.2) is 17.0 Å². The summed E-state index contributed by atoms with van der Waals surface area (Å²) in [6.07, 6.45) is 0. The van der Waals surface area contributed by atoms with Crippen LogP contribution in [0.3, 0.4) is 0 Å². The zero-order valence-electron chi connectivity index (χ0n) is 20.2. The van der Waals surface area contributed by atoms with Gasteiger partial charge in [-0.15, -0.1) is 0 Å². The van der Waals surface area contributed by atoms with Gasteiger partial charge in [-0.2, -0.15) is 0 Å². The van der Waals surface area contributed by atoms with Crippen molar-refractivity contribution in [1.29, 1.82) is 0 Å². The van der Waals surface area contributed by atoms with E-state index in [4.69, 9.17) is 21.1 Å². The van der Waals surface area contributed by atoms with E-state index in [0.717, 1.165) is 0 Å². The van der Waals surface area contributed by atoms with Crippen LogP contribution in [0.5, 0.6) is 11.5 Å². The summed E-state index contributed by atoms with van der Waals surface area (Å²) >= 11 is 6.62. The number of anilines is 1. The Balaban J connectivity index is 1.55. The molecule has 0 unspecified atom stereocenters. The summed E-state index contributed by atoms with van der Waals surface area (Å²) in [7, 11) is 1.72. The van der Waals surface area contributed by atoms with E-state index in [-0.39, 0.29) is 28.8 Å². The molecule has 0 aromatic heterocycles. The summed E-state index contributed by atoms with van der Waals surface area (Å²) in [5, 5.41) is 15.6. The number of amides is 1. The Kier molecular flexibility index (Phi) is 6.51. The molecule has 3 atom stereocenters. The molecule has 1 fully saturated rings. The van der Waals surface area contributed by atoms with Crippen LogP contribution in [0.4, 0.5) is 10.1 Å². The number of carbonyl (C=O) groups excluding carboxylic acids is 1. The molecule has 2 heterocycles. The van der Waals surface area contributed by atoms with E-state index in [1.165, 1.54) is 6.07 Å². The Morgan fingerprint density at radius 1 is 1.19 bits per heavy atom. The van der Waals surface area contributed by atoms with E-state index in [0.29, 0.717) is 34.7 Å². The molecule has 0 bridgehead atoms. The van der Waals surface area contributed by atoms with E-state index in [9.17, 15) is 19.3 Å². The first-order chi connectivity index (χ1) is 17.8. The average Bonchev–Trinajstić information content (AvgIpc) is 3.34. The highest BCUT2D eigenvalue weighted by molar-refractivity contribution is 6.32. The van der Waals surface area contributed by atoms with Crippen molar-refractivity contribution in [3.05, 3.63) is 98.3 Å². The lowest BCUT2D eigenvalue weighted by molar-refractivity contribution is -0.534. The minimum atomic E-state index is -1.47. The number of nitrogens with one attached hydrogen (secondary N) is 1. The molecule has 3 aromatic rings. The fourth-order valence-corrected chi connectivity index (χ4v) is 5.82. The third-order valence-corrected chi connectivity index (χ3v) is 7.41. The van der Waals surface area contributed by atoms with Crippen LogP contribution < -0.4 is 14.8 Å². The van der Waals surface area contributed by atoms with Crippen molar-refractivity contribution in [2.45, 2.75) is 31.0 Å². The molecule has 1 saturated heterocycles. The summed E-state index contributed by atoms with van der Waals surface area (Å²) in [5.41, 5.74) is 0.575. The predicted molar refractivity (Wildman–Crippen MR) is 136 cm³/mol.